The Bertz CT molecular complexity index is 594. The summed E-state index contributed by atoms with van der Waals surface area (Å²) in [4.78, 5) is 10.2. The van der Waals surface area contributed by atoms with Gasteiger partial charge < -0.3 is 9.64 Å². The molecule has 0 aliphatic heterocycles. The lowest BCUT2D eigenvalue weighted by Gasteiger charge is -2.19. The number of aromatic nitrogens is 2. The van der Waals surface area contributed by atoms with Crippen LogP contribution < -0.4 is 4.90 Å². The number of hydrogen-bond donors (Lipinski definition) is 0. The van der Waals surface area contributed by atoms with Gasteiger partial charge in [0.05, 0.1) is 0 Å². The Balaban J connectivity index is 2.20. The van der Waals surface area contributed by atoms with Gasteiger partial charge in [-0.1, -0.05) is 29.8 Å². The van der Waals surface area contributed by atoms with E-state index in [0.29, 0.717) is 28.9 Å². The van der Waals surface area contributed by atoms with Crippen molar-refractivity contribution in [1.29, 1.82) is 0 Å². The van der Waals surface area contributed by atoms with Crippen molar-refractivity contribution in [1.82, 2.24) is 9.97 Å². The molecule has 106 valence electrons. The third-order valence-corrected chi connectivity index (χ3v) is 2.95. The van der Waals surface area contributed by atoms with Crippen LogP contribution in [0.5, 0.6) is 0 Å². The van der Waals surface area contributed by atoms with E-state index >= 15 is 0 Å². The molecule has 0 aliphatic rings. The van der Waals surface area contributed by atoms with Crippen molar-refractivity contribution in [3.63, 3.8) is 0 Å². The van der Waals surface area contributed by atoms with Gasteiger partial charge in [-0.05, 0) is 6.07 Å². The fourth-order valence-electron chi connectivity index (χ4n) is 1.80. The van der Waals surface area contributed by atoms with Crippen molar-refractivity contribution >= 4 is 17.4 Å². The maximum absolute atomic E-state index is 13.6. The first-order valence-corrected chi connectivity index (χ1v) is 6.45. The average molecular weight is 296 g/mol. The zero-order valence-electron chi connectivity index (χ0n) is 11.3. The van der Waals surface area contributed by atoms with Gasteiger partial charge in [0.2, 0.25) is 0 Å². The maximum Gasteiger partial charge on any atom is 0.158 e. The number of halogens is 2. The van der Waals surface area contributed by atoms with E-state index in [9.17, 15) is 4.39 Å². The molecule has 0 spiro atoms. The number of ether oxygens (including phenoxy) is 1. The molecule has 4 nitrogen and oxygen atoms in total. The highest BCUT2D eigenvalue weighted by Crippen LogP contribution is 2.18. The van der Waals surface area contributed by atoms with Gasteiger partial charge >= 0.3 is 0 Å². The van der Waals surface area contributed by atoms with Crippen molar-refractivity contribution in [2.24, 2.45) is 0 Å². The van der Waals surface area contributed by atoms with E-state index in [2.05, 4.69) is 9.97 Å². The van der Waals surface area contributed by atoms with E-state index in [1.807, 2.05) is 11.9 Å². The number of hydrogen-bond acceptors (Lipinski definition) is 4. The Morgan fingerprint density at radius 2 is 2.05 bits per heavy atom. The molecule has 1 heterocycles. The summed E-state index contributed by atoms with van der Waals surface area (Å²) in [6.07, 6.45) is 0. The molecule has 0 fully saturated rings. The highest BCUT2D eigenvalue weighted by molar-refractivity contribution is 6.29. The molecule has 2 aromatic rings. The standard InChI is InChI=1S/C14H15ClFN3O/c1-19(8-10-5-3-4-6-11(10)16)14-7-12(15)17-13(18-14)9-20-2/h3-7H,8-9H2,1-2H3. The van der Waals surface area contributed by atoms with Crippen LogP contribution in [0.25, 0.3) is 0 Å². The predicted molar refractivity (Wildman–Crippen MR) is 76.3 cm³/mol. The van der Waals surface area contributed by atoms with E-state index in [1.54, 1.807) is 31.4 Å². The van der Waals surface area contributed by atoms with Gasteiger partial charge in [-0.3, -0.25) is 0 Å². The van der Waals surface area contributed by atoms with Gasteiger partial charge in [0.25, 0.3) is 0 Å². The summed E-state index contributed by atoms with van der Waals surface area (Å²) in [5.41, 5.74) is 0.595. The summed E-state index contributed by atoms with van der Waals surface area (Å²) >= 11 is 5.96. The Morgan fingerprint density at radius 1 is 1.30 bits per heavy atom. The summed E-state index contributed by atoms with van der Waals surface area (Å²) in [5, 5.41) is 0.336. The molecule has 0 saturated carbocycles. The summed E-state index contributed by atoms with van der Waals surface area (Å²) in [6, 6.07) is 8.28. The van der Waals surface area contributed by atoms with Crippen LogP contribution in [0.4, 0.5) is 10.2 Å². The number of methoxy groups -OCH3 is 1. The largest absolute Gasteiger partial charge is 0.377 e. The second-order valence-corrected chi connectivity index (χ2v) is 4.73. The maximum atomic E-state index is 13.6. The summed E-state index contributed by atoms with van der Waals surface area (Å²) in [7, 11) is 3.38. The Morgan fingerprint density at radius 3 is 2.75 bits per heavy atom. The molecule has 0 N–H and O–H groups in total. The molecule has 0 unspecified atom stereocenters. The van der Waals surface area contributed by atoms with Gasteiger partial charge in [0, 0.05) is 32.3 Å². The Labute approximate surface area is 122 Å². The van der Waals surface area contributed by atoms with Gasteiger partial charge in [-0.15, -0.1) is 0 Å². The molecule has 2 rings (SSSR count). The van der Waals surface area contributed by atoms with E-state index < -0.39 is 0 Å². The van der Waals surface area contributed by atoms with Gasteiger partial charge in [0.1, 0.15) is 23.4 Å². The topological polar surface area (TPSA) is 38.2 Å². The van der Waals surface area contributed by atoms with Crippen LogP contribution in [0.15, 0.2) is 30.3 Å². The molecule has 0 atom stereocenters. The van der Waals surface area contributed by atoms with Crippen molar-refractivity contribution in [3.05, 3.63) is 52.7 Å². The molecule has 6 heteroatoms. The van der Waals surface area contributed by atoms with Crippen molar-refractivity contribution in [2.45, 2.75) is 13.2 Å². The minimum Gasteiger partial charge on any atom is -0.377 e. The Kier molecular flexibility index (Phi) is 4.87. The highest BCUT2D eigenvalue weighted by atomic mass is 35.5. The molecule has 0 bridgehead atoms. The molecule has 1 aromatic heterocycles. The minimum absolute atomic E-state index is 0.239. The quantitative estimate of drug-likeness (QED) is 0.795. The zero-order valence-corrected chi connectivity index (χ0v) is 12.1. The van der Waals surface area contributed by atoms with Gasteiger partial charge in [-0.2, -0.15) is 0 Å². The first kappa shape index (κ1) is 14.7. The fraction of sp³-hybridized carbons (Fsp3) is 0.286. The average Bonchev–Trinajstić information content (AvgIpc) is 2.41. The van der Waals surface area contributed by atoms with Gasteiger partial charge in [-0.25, -0.2) is 14.4 Å². The predicted octanol–water partition coefficient (Wildman–Crippen LogP) is 3.05. The SMILES string of the molecule is COCc1nc(Cl)cc(N(C)Cc2ccccc2F)n1. The van der Waals surface area contributed by atoms with Crippen LogP contribution >= 0.6 is 11.6 Å². The molecule has 0 aliphatic carbocycles. The van der Waals surface area contributed by atoms with Crippen molar-refractivity contribution in [2.75, 3.05) is 19.1 Å². The third kappa shape index (κ3) is 3.65. The second-order valence-electron chi connectivity index (χ2n) is 4.35. The molecular formula is C14H15ClFN3O. The highest BCUT2D eigenvalue weighted by Gasteiger charge is 2.10. The van der Waals surface area contributed by atoms with Crippen molar-refractivity contribution < 1.29 is 9.13 Å². The third-order valence-electron chi connectivity index (χ3n) is 2.76. The van der Waals surface area contributed by atoms with E-state index in [-0.39, 0.29) is 12.4 Å². The molecule has 0 amide bonds. The summed E-state index contributed by atoms with van der Waals surface area (Å²) < 4.78 is 18.6. The molecule has 0 radical (unpaired) electrons. The number of rotatable bonds is 5. The van der Waals surface area contributed by atoms with E-state index in [1.165, 1.54) is 6.07 Å². The van der Waals surface area contributed by atoms with Crippen LogP contribution in [0.3, 0.4) is 0 Å². The van der Waals surface area contributed by atoms with Crippen LogP contribution in [0, 0.1) is 5.82 Å². The molecule has 20 heavy (non-hydrogen) atoms. The normalized spacial score (nSPS) is 10.6. The second kappa shape index (κ2) is 6.63. The van der Waals surface area contributed by atoms with E-state index in [4.69, 9.17) is 16.3 Å². The summed E-state index contributed by atoms with van der Waals surface area (Å²) in [5.74, 6) is 0.882. The smallest absolute Gasteiger partial charge is 0.158 e. The minimum atomic E-state index is -0.239. The lowest BCUT2D eigenvalue weighted by molar-refractivity contribution is 0.178. The van der Waals surface area contributed by atoms with Gasteiger partial charge in [0.15, 0.2) is 5.82 Å². The molecule has 1 aromatic carbocycles. The van der Waals surface area contributed by atoms with Crippen LogP contribution in [0.1, 0.15) is 11.4 Å². The number of anilines is 1. The lowest BCUT2D eigenvalue weighted by Crippen LogP contribution is -2.19. The first-order valence-electron chi connectivity index (χ1n) is 6.07. The number of benzene rings is 1. The van der Waals surface area contributed by atoms with Crippen LogP contribution in [-0.2, 0) is 17.9 Å². The Hall–Kier alpha value is -1.72. The lowest BCUT2D eigenvalue weighted by atomic mass is 10.2. The molecule has 0 saturated heterocycles. The zero-order chi connectivity index (χ0) is 14.5. The monoisotopic (exact) mass is 295 g/mol. The summed E-state index contributed by atoms with van der Waals surface area (Å²) in [6.45, 7) is 0.674. The molecular weight excluding hydrogens is 281 g/mol. The first-order chi connectivity index (χ1) is 9.60. The fourth-order valence-corrected chi connectivity index (χ4v) is 2.00. The van der Waals surface area contributed by atoms with Crippen LogP contribution in [0.2, 0.25) is 5.15 Å². The number of nitrogens with zero attached hydrogens (tertiary/aromatic N) is 3. The van der Waals surface area contributed by atoms with E-state index in [0.717, 1.165) is 0 Å². The van der Waals surface area contributed by atoms with Crippen LogP contribution in [-0.4, -0.2) is 24.1 Å². The van der Waals surface area contributed by atoms with Crippen molar-refractivity contribution in [3.8, 4) is 0 Å².